The van der Waals surface area contributed by atoms with Gasteiger partial charge in [0.1, 0.15) is 0 Å². The van der Waals surface area contributed by atoms with Crippen molar-refractivity contribution >= 4 is 5.91 Å². The van der Waals surface area contributed by atoms with E-state index >= 15 is 0 Å². The molecule has 0 aromatic carbocycles. The highest BCUT2D eigenvalue weighted by Gasteiger charge is 2.20. The Morgan fingerprint density at radius 3 is 2.81 bits per heavy atom. The smallest absolute Gasteiger partial charge is 0.221 e. The molecule has 1 aliphatic heterocycles. The fourth-order valence-corrected chi connectivity index (χ4v) is 2.51. The van der Waals surface area contributed by atoms with Crippen LogP contribution in [0.4, 0.5) is 0 Å². The topological polar surface area (TPSA) is 50.4 Å². The SMILES string of the molecule is O=C(CC1COCCN1)NC1CCCCC1. The van der Waals surface area contributed by atoms with Crippen molar-refractivity contribution in [3.63, 3.8) is 0 Å². The molecule has 2 N–H and O–H groups in total. The second-order valence-corrected chi connectivity index (χ2v) is 4.83. The number of morpholine rings is 1. The summed E-state index contributed by atoms with van der Waals surface area (Å²) in [6.45, 7) is 2.29. The molecule has 0 bridgehead atoms. The van der Waals surface area contributed by atoms with Gasteiger partial charge in [0.2, 0.25) is 5.91 Å². The summed E-state index contributed by atoms with van der Waals surface area (Å²) in [5, 5.41) is 6.43. The summed E-state index contributed by atoms with van der Waals surface area (Å²) in [5.74, 6) is 0.176. The van der Waals surface area contributed by atoms with Gasteiger partial charge in [0, 0.05) is 25.0 Å². The summed E-state index contributed by atoms with van der Waals surface area (Å²) in [7, 11) is 0. The van der Waals surface area contributed by atoms with E-state index in [4.69, 9.17) is 4.74 Å². The molecule has 1 unspecified atom stereocenters. The molecule has 1 amide bonds. The third-order valence-corrected chi connectivity index (χ3v) is 3.40. The molecule has 1 saturated heterocycles. The van der Waals surface area contributed by atoms with Crippen LogP contribution in [0.2, 0.25) is 0 Å². The van der Waals surface area contributed by atoms with Gasteiger partial charge in [-0.15, -0.1) is 0 Å². The Morgan fingerprint density at radius 2 is 2.12 bits per heavy atom. The Hall–Kier alpha value is -0.610. The quantitative estimate of drug-likeness (QED) is 0.749. The molecule has 0 spiro atoms. The molecule has 0 radical (unpaired) electrons. The summed E-state index contributed by atoms with van der Waals surface area (Å²) in [6, 6.07) is 0.628. The van der Waals surface area contributed by atoms with Crippen molar-refractivity contribution in [2.45, 2.75) is 50.6 Å². The van der Waals surface area contributed by atoms with Crippen molar-refractivity contribution in [2.75, 3.05) is 19.8 Å². The van der Waals surface area contributed by atoms with E-state index in [9.17, 15) is 4.79 Å². The maximum Gasteiger partial charge on any atom is 0.221 e. The third-order valence-electron chi connectivity index (χ3n) is 3.40. The van der Waals surface area contributed by atoms with Crippen molar-refractivity contribution in [1.29, 1.82) is 0 Å². The Labute approximate surface area is 97.1 Å². The van der Waals surface area contributed by atoms with Crippen LogP contribution in [0, 0.1) is 0 Å². The van der Waals surface area contributed by atoms with Crippen molar-refractivity contribution in [3.05, 3.63) is 0 Å². The van der Waals surface area contributed by atoms with Crippen LogP contribution in [0.5, 0.6) is 0 Å². The molecule has 16 heavy (non-hydrogen) atoms. The van der Waals surface area contributed by atoms with Gasteiger partial charge in [-0.2, -0.15) is 0 Å². The largest absolute Gasteiger partial charge is 0.378 e. The molecule has 1 saturated carbocycles. The standard InChI is InChI=1S/C12H22N2O2/c15-12(8-11-9-16-7-6-13-11)14-10-4-2-1-3-5-10/h10-11,13H,1-9H2,(H,14,15). The molecule has 1 aliphatic carbocycles. The van der Waals surface area contributed by atoms with Crippen LogP contribution in [-0.2, 0) is 9.53 Å². The van der Waals surface area contributed by atoms with Crippen LogP contribution < -0.4 is 10.6 Å². The molecule has 2 rings (SSSR count). The summed E-state index contributed by atoms with van der Waals surface area (Å²) < 4.78 is 5.33. The van der Waals surface area contributed by atoms with Gasteiger partial charge in [0.25, 0.3) is 0 Å². The summed E-state index contributed by atoms with van der Waals surface area (Å²) >= 11 is 0. The van der Waals surface area contributed by atoms with Gasteiger partial charge < -0.3 is 15.4 Å². The lowest BCUT2D eigenvalue weighted by Crippen LogP contribution is -2.46. The van der Waals surface area contributed by atoms with Crippen LogP contribution >= 0.6 is 0 Å². The zero-order valence-corrected chi connectivity index (χ0v) is 9.84. The average molecular weight is 226 g/mol. The van der Waals surface area contributed by atoms with E-state index in [0.717, 1.165) is 26.0 Å². The molecular formula is C12H22N2O2. The monoisotopic (exact) mass is 226 g/mol. The van der Waals surface area contributed by atoms with E-state index in [1.54, 1.807) is 0 Å². The number of rotatable bonds is 3. The lowest BCUT2D eigenvalue weighted by molar-refractivity contribution is -0.123. The molecule has 92 valence electrons. The molecule has 4 nitrogen and oxygen atoms in total. The Morgan fingerprint density at radius 1 is 1.31 bits per heavy atom. The molecule has 1 atom stereocenters. The minimum atomic E-state index is 0.176. The number of amides is 1. The minimum Gasteiger partial charge on any atom is -0.378 e. The Balaban J connectivity index is 1.66. The first-order valence-electron chi connectivity index (χ1n) is 6.45. The van der Waals surface area contributed by atoms with Crippen LogP contribution in [0.15, 0.2) is 0 Å². The zero-order chi connectivity index (χ0) is 11.2. The highest BCUT2D eigenvalue weighted by molar-refractivity contribution is 5.76. The fraction of sp³-hybridized carbons (Fsp3) is 0.917. The van der Waals surface area contributed by atoms with Crippen LogP contribution in [0.3, 0.4) is 0 Å². The van der Waals surface area contributed by atoms with Crippen LogP contribution in [-0.4, -0.2) is 37.7 Å². The van der Waals surface area contributed by atoms with Crippen LogP contribution in [0.1, 0.15) is 38.5 Å². The lowest BCUT2D eigenvalue weighted by atomic mass is 9.95. The van der Waals surface area contributed by atoms with Gasteiger partial charge in [0.05, 0.1) is 13.2 Å². The number of hydrogen-bond donors (Lipinski definition) is 2. The number of nitrogens with one attached hydrogen (secondary N) is 2. The molecule has 4 heteroatoms. The zero-order valence-electron chi connectivity index (χ0n) is 9.84. The highest BCUT2D eigenvalue weighted by atomic mass is 16.5. The maximum atomic E-state index is 11.8. The predicted molar refractivity (Wildman–Crippen MR) is 62.2 cm³/mol. The first-order valence-corrected chi connectivity index (χ1v) is 6.45. The van der Waals surface area contributed by atoms with E-state index in [0.29, 0.717) is 19.1 Å². The minimum absolute atomic E-state index is 0.176. The van der Waals surface area contributed by atoms with E-state index in [1.807, 2.05) is 0 Å². The van der Waals surface area contributed by atoms with Crippen molar-refractivity contribution < 1.29 is 9.53 Å². The molecule has 0 aromatic heterocycles. The van der Waals surface area contributed by atoms with E-state index in [-0.39, 0.29) is 11.9 Å². The van der Waals surface area contributed by atoms with E-state index in [2.05, 4.69) is 10.6 Å². The highest BCUT2D eigenvalue weighted by Crippen LogP contribution is 2.17. The van der Waals surface area contributed by atoms with Gasteiger partial charge in [-0.1, -0.05) is 19.3 Å². The summed E-state index contributed by atoms with van der Waals surface area (Å²) in [6.07, 6.45) is 6.70. The lowest BCUT2D eigenvalue weighted by Gasteiger charge is -2.26. The summed E-state index contributed by atoms with van der Waals surface area (Å²) in [4.78, 5) is 11.8. The van der Waals surface area contributed by atoms with E-state index in [1.165, 1.54) is 19.3 Å². The van der Waals surface area contributed by atoms with Gasteiger partial charge in [-0.05, 0) is 12.8 Å². The van der Waals surface area contributed by atoms with Gasteiger partial charge >= 0.3 is 0 Å². The van der Waals surface area contributed by atoms with E-state index < -0.39 is 0 Å². The average Bonchev–Trinajstić information content (AvgIpc) is 2.31. The predicted octanol–water partition coefficient (Wildman–Crippen LogP) is 0.814. The third kappa shape index (κ3) is 3.76. The molecule has 2 aliphatic rings. The number of hydrogen-bond acceptors (Lipinski definition) is 3. The van der Waals surface area contributed by atoms with Gasteiger partial charge in [-0.3, -0.25) is 4.79 Å². The second-order valence-electron chi connectivity index (χ2n) is 4.83. The second kappa shape index (κ2) is 6.21. The molecular weight excluding hydrogens is 204 g/mol. The summed E-state index contributed by atoms with van der Waals surface area (Å²) in [5.41, 5.74) is 0. The Kier molecular flexibility index (Phi) is 4.60. The maximum absolute atomic E-state index is 11.8. The fourth-order valence-electron chi connectivity index (χ4n) is 2.51. The number of carbonyl (C=O) groups is 1. The number of ether oxygens (including phenoxy) is 1. The first kappa shape index (κ1) is 11.9. The molecule has 0 aromatic rings. The molecule has 2 fully saturated rings. The normalized spacial score (nSPS) is 27.6. The van der Waals surface area contributed by atoms with Crippen molar-refractivity contribution in [1.82, 2.24) is 10.6 Å². The Bertz CT molecular complexity index is 199. The van der Waals surface area contributed by atoms with Crippen molar-refractivity contribution in [2.24, 2.45) is 0 Å². The van der Waals surface area contributed by atoms with Crippen molar-refractivity contribution in [3.8, 4) is 0 Å². The van der Waals surface area contributed by atoms with Gasteiger partial charge in [0.15, 0.2) is 0 Å². The van der Waals surface area contributed by atoms with Gasteiger partial charge in [-0.25, -0.2) is 0 Å². The van der Waals surface area contributed by atoms with Crippen LogP contribution in [0.25, 0.3) is 0 Å². The number of carbonyl (C=O) groups excluding carboxylic acids is 1. The molecule has 1 heterocycles. The first-order chi connectivity index (χ1) is 7.84.